The monoisotopic (exact) mass is 342 g/mol. The summed E-state index contributed by atoms with van der Waals surface area (Å²) in [5, 5.41) is 0. The number of carbonyl (C=O) groups is 1. The Morgan fingerprint density at radius 2 is 2.09 bits per heavy atom. The Labute approximate surface area is 136 Å². The highest BCUT2D eigenvalue weighted by molar-refractivity contribution is 7.92. The molecule has 0 spiro atoms. The van der Waals surface area contributed by atoms with Crippen LogP contribution in [0.25, 0.3) is 0 Å². The lowest BCUT2D eigenvalue weighted by molar-refractivity contribution is -0.117. The number of ether oxygens (including phenoxy) is 2. The van der Waals surface area contributed by atoms with Crippen molar-refractivity contribution in [3.8, 4) is 5.75 Å². The minimum Gasteiger partial charge on any atom is -0.495 e. The van der Waals surface area contributed by atoms with Gasteiger partial charge in [0.1, 0.15) is 5.75 Å². The van der Waals surface area contributed by atoms with Crippen molar-refractivity contribution in [1.82, 2.24) is 0 Å². The number of nitrogens with zero attached hydrogens (tertiary/aromatic N) is 1. The van der Waals surface area contributed by atoms with Crippen LogP contribution < -0.4 is 14.4 Å². The van der Waals surface area contributed by atoms with Gasteiger partial charge in [-0.3, -0.25) is 9.52 Å². The summed E-state index contributed by atoms with van der Waals surface area (Å²) in [4.78, 5) is 13.6. The fourth-order valence-corrected chi connectivity index (χ4v) is 3.79. The van der Waals surface area contributed by atoms with E-state index < -0.39 is 16.1 Å². The Morgan fingerprint density at radius 1 is 1.35 bits per heavy atom. The van der Waals surface area contributed by atoms with E-state index in [2.05, 4.69) is 4.72 Å². The van der Waals surface area contributed by atoms with Crippen LogP contribution in [0, 0.1) is 0 Å². The molecule has 1 aromatic rings. The molecular formula is C15H22N2O5S. The number of hydrogen-bond donors (Lipinski definition) is 1. The maximum Gasteiger partial charge on any atom is 0.235 e. The van der Waals surface area contributed by atoms with Crippen LogP contribution in [0.5, 0.6) is 5.75 Å². The zero-order valence-corrected chi connectivity index (χ0v) is 14.4. The topological polar surface area (TPSA) is 84.9 Å². The molecule has 0 bridgehead atoms. The van der Waals surface area contributed by atoms with Crippen molar-refractivity contribution in [3.63, 3.8) is 0 Å². The summed E-state index contributed by atoms with van der Waals surface area (Å²) < 4.78 is 37.0. The van der Waals surface area contributed by atoms with Gasteiger partial charge in [0.2, 0.25) is 15.9 Å². The molecule has 1 aromatic carbocycles. The highest BCUT2D eigenvalue weighted by atomic mass is 32.2. The summed E-state index contributed by atoms with van der Waals surface area (Å²) in [6, 6.07) is 4.88. The smallest absolute Gasteiger partial charge is 0.235 e. The molecule has 1 fully saturated rings. The molecule has 0 radical (unpaired) electrons. The first kappa shape index (κ1) is 17.6. The van der Waals surface area contributed by atoms with E-state index in [9.17, 15) is 13.2 Å². The van der Waals surface area contributed by atoms with Gasteiger partial charge in [0, 0.05) is 20.1 Å². The SMILES string of the molecule is COc1ccc(NS(=O)(=O)CC(C)OC)cc1N1CCCC1=O. The number of methoxy groups -OCH3 is 2. The standard InChI is InChI=1S/C15H22N2O5S/c1-11(21-2)10-23(19,20)16-12-6-7-14(22-3)13(9-12)17-8-4-5-15(17)18/h6-7,9,11,16H,4-5,8,10H2,1-3H3. The minimum atomic E-state index is -3.54. The van der Waals surface area contributed by atoms with Crippen molar-refractivity contribution in [3.05, 3.63) is 18.2 Å². The molecule has 0 aliphatic carbocycles. The molecular weight excluding hydrogens is 320 g/mol. The molecule has 0 saturated carbocycles. The van der Waals surface area contributed by atoms with Gasteiger partial charge in [0.05, 0.1) is 30.3 Å². The zero-order chi connectivity index (χ0) is 17.0. The van der Waals surface area contributed by atoms with Crippen LogP contribution in [0.15, 0.2) is 18.2 Å². The second kappa shape index (κ2) is 7.18. The van der Waals surface area contributed by atoms with E-state index >= 15 is 0 Å². The molecule has 1 saturated heterocycles. The first-order valence-corrected chi connectivity index (χ1v) is 9.03. The summed E-state index contributed by atoms with van der Waals surface area (Å²) in [7, 11) is -0.558. The number of nitrogens with one attached hydrogen (secondary N) is 1. The second-order valence-corrected chi connectivity index (χ2v) is 7.23. The van der Waals surface area contributed by atoms with E-state index in [4.69, 9.17) is 9.47 Å². The number of benzene rings is 1. The Morgan fingerprint density at radius 3 is 2.65 bits per heavy atom. The predicted octanol–water partition coefficient (Wildman–Crippen LogP) is 1.60. The van der Waals surface area contributed by atoms with Gasteiger partial charge in [0.25, 0.3) is 0 Å². The number of sulfonamides is 1. The molecule has 0 aromatic heterocycles. The molecule has 7 nitrogen and oxygen atoms in total. The predicted molar refractivity (Wildman–Crippen MR) is 88.5 cm³/mol. The molecule has 2 rings (SSSR count). The van der Waals surface area contributed by atoms with Gasteiger partial charge in [-0.05, 0) is 31.5 Å². The third-order valence-electron chi connectivity index (χ3n) is 3.67. The van der Waals surface area contributed by atoms with E-state index in [-0.39, 0.29) is 11.7 Å². The third kappa shape index (κ3) is 4.35. The van der Waals surface area contributed by atoms with Crippen molar-refractivity contribution in [2.75, 3.05) is 36.1 Å². The number of anilines is 2. The molecule has 1 atom stereocenters. The molecule has 23 heavy (non-hydrogen) atoms. The Bertz CT molecular complexity index is 674. The summed E-state index contributed by atoms with van der Waals surface area (Å²) >= 11 is 0. The van der Waals surface area contributed by atoms with E-state index in [0.29, 0.717) is 30.1 Å². The molecule has 1 heterocycles. The van der Waals surface area contributed by atoms with Crippen LogP contribution in [0.2, 0.25) is 0 Å². The molecule has 1 amide bonds. The lowest BCUT2D eigenvalue weighted by Crippen LogP contribution is -2.26. The molecule has 1 N–H and O–H groups in total. The highest BCUT2D eigenvalue weighted by Gasteiger charge is 2.25. The van der Waals surface area contributed by atoms with Crippen LogP contribution in [0.3, 0.4) is 0 Å². The third-order valence-corrected chi connectivity index (χ3v) is 5.13. The Kier molecular flexibility index (Phi) is 5.48. The lowest BCUT2D eigenvalue weighted by atomic mass is 10.2. The van der Waals surface area contributed by atoms with Gasteiger partial charge in [0.15, 0.2) is 0 Å². The van der Waals surface area contributed by atoms with E-state index in [0.717, 1.165) is 6.42 Å². The maximum absolute atomic E-state index is 12.1. The van der Waals surface area contributed by atoms with Crippen LogP contribution in [-0.2, 0) is 19.6 Å². The Hall–Kier alpha value is -1.80. The number of carbonyl (C=O) groups excluding carboxylic acids is 1. The van der Waals surface area contributed by atoms with E-state index in [1.165, 1.54) is 14.2 Å². The van der Waals surface area contributed by atoms with Crippen molar-refractivity contribution >= 4 is 27.3 Å². The van der Waals surface area contributed by atoms with Gasteiger partial charge < -0.3 is 14.4 Å². The fourth-order valence-electron chi connectivity index (χ4n) is 2.47. The van der Waals surface area contributed by atoms with Crippen molar-refractivity contribution in [1.29, 1.82) is 0 Å². The van der Waals surface area contributed by atoms with Gasteiger partial charge in [-0.15, -0.1) is 0 Å². The van der Waals surface area contributed by atoms with Crippen molar-refractivity contribution in [2.24, 2.45) is 0 Å². The maximum atomic E-state index is 12.1. The summed E-state index contributed by atoms with van der Waals surface area (Å²) in [5.41, 5.74) is 0.971. The number of rotatable bonds is 7. The summed E-state index contributed by atoms with van der Waals surface area (Å²) in [5.74, 6) is 0.401. The normalized spacial score (nSPS) is 16.5. The van der Waals surface area contributed by atoms with Crippen molar-refractivity contribution in [2.45, 2.75) is 25.9 Å². The highest BCUT2D eigenvalue weighted by Crippen LogP contribution is 2.34. The lowest BCUT2D eigenvalue weighted by Gasteiger charge is -2.20. The molecule has 1 aliphatic rings. The summed E-state index contributed by atoms with van der Waals surface area (Å²) in [6.45, 7) is 2.29. The molecule has 1 unspecified atom stereocenters. The van der Waals surface area contributed by atoms with Crippen LogP contribution in [0.1, 0.15) is 19.8 Å². The van der Waals surface area contributed by atoms with E-state index in [1.54, 1.807) is 30.0 Å². The first-order chi connectivity index (χ1) is 10.9. The zero-order valence-electron chi connectivity index (χ0n) is 13.5. The second-order valence-electron chi connectivity index (χ2n) is 5.47. The Balaban J connectivity index is 2.25. The minimum absolute atomic E-state index is 0.0105. The van der Waals surface area contributed by atoms with Crippen LogP contribution >= 0.6 is 0 Å². The average molecular weight is 342 g/mol. The quantitative estimate of drug-likeness (QED) is 0.813. The van der Waals surface area contributed by atoms with Gasteiger partial charge in [-0.25, -0.2) is 8.42 Å². The average Bonchev–Trinajstić information content (AvgIpc) is 2.92. The molecule has 128 valence electrons. The molecule has 1 aliphatic heterocycles. The largest absolute Gasteiger partial charge is 0.495 e. The van der Waals surface area contributed by atoms with Gasteiger partial charge >= 0.3 is 0 Å². The number of hydrogen-bond acceptors (Lipinski definition) is 5. The van der Waals surface area contributed by atoms with Gasteiger partial charge in [-0.2, -0.15) is 0 Å². The number of amides is 1. The summed E-state index contributed by atoms with van der Waals surface area (Å²) in [6.07, 6.45) is 0.860. The van der Waals surface area contributed by atoms with Crippen LogP contribution in [-0.4, -0.2) is 46.9 Å². The van der Waals surface area contributed by atoms with Crippen molar-refractivity contribution < 1.29 is 22.7 Å². The fraction of sp³-hybridized carbons (Fsp3) is 0.533. The van der Waals surface area contributed by atoms with Gasteiger partial charge in [-0.1, -0.05) is 0 Å². The van der Waals surface area contributed by atoms with E-state index in [1.807, 2.05) is 0 Å². The molecule has 8 heteroatoms. The first-order valence-electron chi connectivity index (χ1n) is 7.38. The van der Waals surface area contributed by atoms with Crippen LogP contribution in [0.4, 0.5) is 11.4 Å².